The second-order valence-corrected chi connectivity index (χ2v) is 16.5. The lowest BCUT2D eigenvalue weighted by Gasteiger charge is -2.33. The molecule has 0 spiro atoms. The van der Waals surface area contributed by atoms with Gasteiger partial charge in [0.05, 0.1) is 16.8 Å². The van der Waals surface area contributed by atoms with Gasteiger partial charge in [0.1, 0.15) is 0 Å². The topological polar surface area (TPSA) is 25.8 Å². The van der Waals surface area contributed by atoms with E-state index in [2.05, 4.69) is 224 Å². The number of aromatic nitrogens is 2. The van der Waals surface area contributed by atoms with Gasteiger partial charge in [0.25, 0.3) is 0 Å². The highest BCUT2D eigenvalue weighted by molar-refractivity contribution is 6.05. The van der Waals surface area contributed by atoms with Gasteiger partial charge in [-0.2, -0.15) is 0 Å². The van der Waals surface area contributed by atoms with Crippen molar-refractivity contribution in [1.29, 1.82) is 0 Å². The van der Waals surface area contributed by atoms with E-state index in [0.29, 0.717) is 5.82 Å². The molecule has 12 rings (SSSR count). The predicted octanol–water partition coefficient (Wildman–Crippen LogP) is 15.5. The van der Waals surface area contributed by atoms with Crippen molar-refractivity contribution >= 4 is 21.5 Å². The summed E-state index contributed by atoms with van der Waals surface area (Å²) in [6.45, 7) is 0. The molecule has 0 fully saturated rings. The summed E-state index contributed by atoms with van der Waals surface area (Å²) >= 11 is 0. The molecule has 10 aromatic carbocycles. The maximum absolute atomic E-state index is 5.25. The first kappa shape index (κ1) is 36.6. The van der Waals surface area contributed by atoms with Crippen molar-refractivity contribution in [1.82, 2.24) is 9.97 Å². The van der Waals surface area contributed by atoms with Gasteiger partial charge in [-0.25, -0.2) is 9.97 Å². The molecule has 0 radical (unpaired) electrons. The van der Waals surface area contributed by atoms with Gasteiger partial charge >= 0.3 is 0 Å². The maximum atomic E-state index is 5.25. The van der Waals surface area contributed by atoms with Crippen molar-refractivity contribution in [2.45, 2.75) is 5.41 Å². The highest BCUT2D eigenvalue weighted by Crippen LogP contribution is 2.56. The van der Waals surface area contributed by atoms with Crippen molar-refractivity contribution in [2.75, 3.05) is 0 Å². The Hall–Kier alpha value is -8.20. The molecule has 0 aliphatic heterocycles. The number of benzene rings is 10. The first-order valence-corrected chi connectivity index (χ1v) is 21.6. The molecule has 0 unspecified atom stereocenters. The molecule has 2 heteroatoms. The lowest BCUT2D eigenvalue weighted by molar-refractivity contribution is 0.768. The molecule has 0 amide bonds. The molecular formula is C61H40N2. The quantitative estimate of drug-likeness (QED) is 0.160. The largest absolute Gasteiger partial charge is 0.228 e. The highest BCUT2D eigenvalue weighted by Gasteiger charge is 2.45. The smallest absolute Gasteiger partial charge is 0.160 e. The molecule has 1 heterocycles. The average Bonchev–Trinajstić information content (AvgIpc) is 3.67. The van der Waals surface area contributed by atoms with E-state index in [1.54, 1.807) is 0 Å². The van der Waals surface area contributed by atoms with Crippen LogP contribution in [0.4, 0.5) is 0 Å². The van der Waals surface area contributed by atoms with Gasteiger partial charge in [0.15, 0.2) is 5.82 Å². The molecule has 0 bridgehead atoms. The average molecular weight is 801 g/mol. The van der Waals surface area contributed by atoms with Crippen molar-refractivity contribution in [2.24, 2.45) is 0 Å². The zero-order valence-corrected chi connectivity index (χ0v) is 34.5. The van der Waals surface area contributed by atoms with Crippen molar-refractivity contribution < 1.29 is 0 Å². The third kappa shape index (κ3) is 6.10. The maximum Gasteiger partial charge on any atom is 0.160 e. The van der Waals surface area contributed by atoms with Crippen LogP contribution in [0.2, 0.25) is 0 Å². The number of hydrogen-bond acceptors (Lipinski definition) is 2. The van der Waals surface area contributed by atoms with Crippen LogP contribution in [0.15, 0.2) is 243 Å². The van der Waals surface area contributed by atoms with Gasteiger partial charge in [0, 0.05) is 16.7 Å². The molecule has 2 nitrogen and oxygen atoms in total. The summed E-state index contributed by atoms with van der Waals surface area (Å²) in [5.41, 5.74) is 17.0. The fourth-order valence-electron chi connectivity index (χ4n) is 10.1. The molecule has 0 atom stereocenters. The Bertz CT molecular complexity index is 3460. The number of rotatable bonds is 7. The van der Waals surface area contributed by atoms with Crippen LogP contribution in [-0.4, -0.2) is 9.97 Å². The van der Waals surface area contributed by atoms with Gasteiger partial charge in [-0.3, -0.25) is 0 Å². The minimum Gasteiger partial charge on any atom is -0.228 e. The summed E-state index contributed by atoms with van der Waals surface area (Å²) in [5.74, 6) is 0.707. The van der Waals surface area contributed by atoms with Crippen LogP contribution >= 0.6 is 0 Å². The minimum absolute atomic E-state index is 0.419. The standard InChI is InChI=1S/C61H40N2/c1-4-18-42(19-5-1)60-62-58(47-32-31-41-17-10-11-20-43(41)38-47)40-59(63-60)54-35-34-50(51-27-12-13-28-52(51)54)46-22-16-21-44(37-46)45-33-36-57-55(39-45)53-29-14-15-30-56(53)61(57,48-23-6-2-7-24-48)49-25-8-3-9-26-49/h1-40H. The van der Waals surface area contributed by atoms with E-state index in [-0.39, 0.29) is 0 Å². The summed E-state index contributed by atoms with van der Waals surface area (Å²) in [5, 5.41) is 4.72. The molecule has 1 aliphatic rings. The summed E-state index contributed by atoms with van der Waals surface area (Å²) in [7, 11) is 0. The monoisotopic (exact) mass is 800 g/mol. The Morgan fingerprint density at radius 1 is 0.270 bits per heavy atom. The molecule has 294 valence electrons. The van der Waals surface area contributed by atoms with Crippen LogP contribution in [0.3, 0.4) is 0 Å². The van der Waals surface area contributed by atoms with E-state index in [1.165, 1.54) is 71.8 Å². The Morgan fingerprint density at radius 2 is 0.825 bits per heavy atom. The minimum atomic E-state index is -0.419. The number of hydrogen-bond donors (Lipinski definition) is 0. The molecule has 1 aromatic heterocycles. The summed E-state index contributed by atoms with van der Waals surface area (Å²) < 4.78 is 0. The number of fused-ring (bicyclic) bond motifs is 5. The first-order valence-electron chi connectivity index (χ1n) is 21.6. The SMILES string of the molecule is c1ccc(-c2nc(-c3ccc4ccccc4c3)cc(-c3ccc(-c4cccc(-c5ccc6c(c5)-c5ccccc5C6(c5ccccc5)c5ccccc5)c4)c4ccccc34)n2)cc1. The zero-order valence-electron chi connectivity index (χ0n) is 34.5. The Balaban J connectivity index is 0.975. The lowest BCUT2D eigenvalue weighted by Crippen LogP contribution is -2.28. The van der Waals surface area contributed by atoms with Crippen LogP contribution in [0.1, 0.15) is 22.3 Å². The van der Waals surface area contributed by atoms with Gasteiger partial charge in [-0.05, 0) is 101 Å². The summed E-state index contributed by atoms with van der Waals surface area (Å²) in [4.78, 5) is 10.4. The third-order valence-electron chi connectivity index (χ3n) is 13.0. The molecule has 11 aromatic rings. The van der Waals surface area contributed by atoms with Crippen molar-refractivity contribution in [3.8, 4) is 67.3 Å². The molecule has 0 saturated carbocycles. The second-order valence-electron chi connectivity index (χ2n) is 16.5. The fraction of sp³-hybridized carbons (Fsp3) is 0.0164. The number of nitrogens with zero attached hydrogens (tertiary/aromatic N) is 2. The Kier molecular flexibility index (Phi) is 8.76. The van der Waals surface area contributed by atoms with Crippen LogP contribution in [0, 0.1) is 0 Å². The van der Waals surface area contributed by atoms with E-state index >= 15 is 0 Å². The van der Waals surface area contributed by atoms with E-state index in [4.69, 9.17) is 9.97 Å². The lowest BCUT2D eigenvalue weighted by atomic mass is 9.67. The predicted molar refractivity (Wildman–Crippen MR) is 262 cm³/mol. The van der Waals surface area contributed by atoms with Gasteiger partial charge in [0.2, 0.25) is 0 Å². The highest BCUT2D eigenvalue weighted by atomic mass is 14.9. The van der Waals surface area contributed by atoms with E-state index in [1.807, 2.05) is 18.2 Å². The van der Waals surface area contributed by atoms with Crippen LogP contribution < -0.4 is 0 Å². The second kappa shape index (κ2) is 15.1. The fourth-order valence-corrected chi connectivity index (χ4v) is 10.1. The molecule has 63 heavy (non-hydrogen) atoms. The third-order valence-corrected chi connectivity index (χ3v) is 13.0. The normalized spacial score (nSPS) is 12.6. The van der Waals surface area contributed by atoms with Crippen LogP contribution in [0.25, 0.3) is 88.8 Å². The molecule has 0 N–H and O–H groups in total. The van der Waals surface area contributed by atoms with E-state index in [9.17, 15) is 0 Å². The molecule has 1 aliphatic carbocycles. The first-order chi connectivity index (χ1) is 31.2. The van der Waals surface area contributed by atoms with Crippen molar-refractivity contribution in [3.63, 3.8) is 0 Å². The molecular weight excluding hydrogens is 761 g/mol. The van der Waals surface area contributed by atoms with Crippen molar-refractivity contribution in [3.05, 3.63) is 265 Å². The van der Waals surface area contributed by atoms with Gasteiger partial charge < -0.3 is 0 Å². The summed E-state index contributed by atoms with van der Waals surface area (Å²) in [6, 6.07) is 87.8. The summed E-state index contributed by atoms with van der Waals surface area (Å²) in [6.07, 6.45) is 0. The zero-order chi connectivity index (χ0) is 41.7. The van der Waals surface area contributed by atoms with E-state index < -0.39 is 5.41 Å². The van der Waals surface area contributed by atoms with Crippen LogP contribution in [0.5, 0.6) is 0 Å². The molecule has 0 saturated heterocycles. The van der Waals surface area contributed by atoms with Gasteiger partial charge in [-0.1, -0.05) is 218 Å². The van der Waals surface area contributed by atoms with Crippen LogP contribution in [-0.2, 0) is 5.41 Å². The Morgan fingerprint density at radius 3 is 1.60 bits per heavy atom. The van der Waals surface area contributed by atoms with E-state index in [0.717, 1.165) is 33.5 Å². The van der Waals surface area contributed by atoms with Gasteiger partial charge in [-0.15, -0.1) is 0 Å². The Labute approximate surface area is 367 Å².